The molecule has 0 aromatic heterocycles. The minimum atomic E-state index is -0.649. The molecule has 132 valence electrons. The van der Waals surface area contributed by atoms with Crippen LogP contribution in [0, 0.1) is 10.1 Å². The normalized spacial score (nSPS) is 14.5. The summed E-state index contributed by atoms with van der Waals surface area (Å²) in [5.74, 6) is -1.08. The van der Waals surface area contributed by atoms with Gasteiger partial charge >= 0.3 is 11.7 Å². The van der Waals surface area contributed by atoms with Crippen LogP contribution in [-0.4, -0.2) is 16.8 Å². The van der Waals surface area contributed by atoms with E-state index in [1.807, 2.05) is 12.1 Å². The lowest BCUT2D eigenvalue weighted by atomic mass is 10.1. The standard InChI is InChI=1S/C17H11BrN2O5S/c1-9(21)25-14-5-2-10(6-13(14)20(23)24)7-16-17(22)19-12-4-3-11(18)8-15(12)26-16/h2-8H,1H3,(H,19,22)/b16-7+. The second-order valence-electron chi connectivity index (χ2n) is 5.28. The number of nitrogens with one attached hydrogen (secondary N) is 1. The number of rotatable bonds is 3. The van der Waals surface area contributed by atoms with Gasteiger partial charge in [-0.3, -0.25) is 19.7 Å². The summed E-state index contributed by atoms with van der Waals surface area (Å²) in [7, 11) is 0. The first-order valence-electron chi connectivity index (χ1n) is 7.31. The third kappa shape index (κ3) is 3.94. The molecule has 7 nitrogen and oxygen atoms in total. The van der Waals surface area contributed by atoms with Crippen molar-refractivity contribution in [2.75, 3.05) is 5.32 Å². The van der Waals surface area contributed by atoms with Crippen LogP contribution >= 0.6 is 27.7 Å². The second-order valence-corrected chi connectivity index (χ2v) is 7.28. The fraction of sp³-hybridized carbons (Fsp3) is 0.0588. The quantitative estimate of drug-likeness (QED) is 0.253. The fourth-order valence-electron chi connectivity index (χ4n) is 2.29. The van der Waals surface area contributed by atoms with Gasteiger partial charge in [0.2, 0.25) is 5.75 Å². The number of fused-ring (bicyclic) bond motifs is 1. The number of amides is 1. The van der Waals surface area contributed by atoms with E-state index in [0.29, 0.717) is 16.2 Å². The molecular formula is C17H11BrN2O5S. The van der Waals surface area contributed by atoms with Crippen molar-refractivity contribution >= 4 is 57.0 Å². The molecule has 0 spiro atoms. The number of hydrogen-bond acceptors (Lipinski definition) is 6. The van der Waals surface area contributed by atoms with Crippen LogP contribution in [0.5, 0.6) is 5.75 Å². The largest absolute Gasteiger partial charge is 0.419 e. The van der Waals surface area contributed by atoms with Gasteiger partial charge in [0, 0.05) is 22.4 Å². The highest BCUT2D eigenvalue weighted by Gasteiger charge is 2.22. The summed E-state index contributed by atoms with van der Waals surface area (Å²) in [6.07, 6.45) is 1.55. The minimum Gasteiger partial charge on any atom is -0.419 e. The minimum absolute atomic E-state index is 0.139. The maximum absolute atomic E-state index is 12.3. The molecule has 1 aliphatic heterocycles. The molecule has 0 fully saturated rings. The molecule has 0 radical (unpaired) electrons. The van der Waals surface area contributed by atoms with Gasteiger partial charge in [-0.25, -0.2) is 0 Å². The Hall–Kier alpha value is -2.65. The number of thioether (sulfide) groups is 1. The molecule has 0 aliphatic carbocycles. The second kappa shape index (κ2) is 7.30. The summed E-state index contributed by atoms with van der Waals surface area (Å²) >= 11 is 4.65. The van der Waals surface area contributed by atoms with Gasteiger partial charge in [0.1, 0.15) is 0 Å². The van der Waals surface area contributed by atoms with E-state index in [2.05, 4.69) is 21.2 Å². The number of ether oxygens (including phenoxy) is 1. The highest BCUT2D eigenvalue weighted by Crippen LogP contribution is 2.40. The molecule has 1 N–H and O–H groups in total. The Morgan fingerprint density at radius 3 is 2.77 bits per heavy atom. The first-order valence-corrected chi connectivity index (χ1v) is 8.92. The summed E-state index contributed by atoms with van der Waals surface area (Å²) in [5.41, 5.74) is 0.805. The summed E-state index contributed by atoms with van der Waals surface area (Å²) < 4.78 is 5.72. The van der Waals surface area contributed by atoms with Crippen LogP contribution in [0.15, 0.2) is 50.7 Å². The predicted molar refractivity (Wildman–Crippen MR) is 101 cm³/mol. The van der Waals surface area contributed by atoms with Crippen molar-refractivity contribution in [2.45, 2.75) is 11.8 Å². The third-order valence-electron chi connectivity index (χ3n) is 3.37. The zero-order valence-corrected chi connectivity index (χ0v) is 15.7. The van der Waals surface area contributed by atoms with E-state index in [0.717, 1.165) is 16.3 Å². The van der Waals surface area contributed by atoms with Crippen molar-refractivity contribution in [1.82, 2.24) is 0 Å². The first-order chi connectivity index (χ1) is 12.3. The summed E-state index contributed by atoms with van der Waals surface area (Å²) in [6, 6.07) is 9.63. The molecule has 0 atom stereocenters. The van der Waals surface area contributed by atoms with Gasteiger partial charge in [0.25, 0.3) is 5.91 Å². The average Bonchev–Trinajstić information content (AvgIpc) is 2.56. The summed E-state index contributed by atoms with van der Waals surface area (Å²) in [6.45, 7) is 1.16. The van der Waals surface area contributed by atoms with Crippen LogP contribution in [0.1, 0.15) is 12.5 Å². The molecule has 0 bridgehead atoms. The van der Waals surface area contributed by atoms with Crippen LogP contribution in [0.4, 0.5) is 11.4 Å². The Labute approximate surface area is 160 Å². The van der Waals surface area contributed by atoms with Gasteiger partial charge in [0.15, 0.2) is 0 Å². The van der Waals surface area contributed by atoms with E-state index in [1.165, 1.54) is 23.9 Å². The Balaban J connectivity index is 1.96. The molecule has 0 saturated carbocycles. The van der Waals surface area contributed by atoms with E-state index >= 15 is 0 Å². The molecular weight excluding hydrogens is 424 g/mol. The molecule has 3 rings (SSSR count). The molecule has 0 unspecified atom stereocenters. The molecule has 1 amide bonds. The number of esters is 1. The van der Waals surface area contributed by atoms with E-state index in [-0.39, 0.29) is 17.3 Å². The number of anilines is 1. The molecule has 1 heterocycles. The van der Waals surface area contributed by atoms with Crippen molar-refractivity contribution in [3.05, 3.63) is 61.5 Å². The molecule has 2 aromatic rings. The number of hydrogen-bond donors (Lipinski definition) is 1. The molecule has 0 saturated heterocycles. The number of carbonyl (C=O) groups excluding carboxylic acids is 2. The lowest BCUT2D eigenvalue weighted by molar-refractivity contribution is -0.385. The van der Waals surface area contributed by atoms with Gasteiger partial charge in [-0.1, -0.05) is 33.8 Å². The van der Waals surface area contributed by atoms with Gasteiger partial charge in [0.05, 0.1) is 15.5 Å². The maximum atomic E-state index is 12.3. The van der Waals surface area contributed by atoms with Crippen molar-refractivity contribution in [3.8, 4) is 5.75 Å². The highest BCUT2D eigenvalue weighted by molar-refractivity contribution is 9.10. The zero-order chi connectivity index (χ0) is 18.8. The fourth-order valence-corrected chi connectivity index (χ4v) is 3.79. The Bertz CT molecular complexity index is 974. The van der Waals surface area contributed by atoms with E-state index in [4.69, 9.17) is 4.74 Å². The summed E-state index contributed by atoms with van der Waals surface area (Å²) in [4.78, 5) is 35.2. The monoisotopic (exact) mass is 434 g/mol. The Morgan fingerprint density at radius 2 is 2.08 bits per heavy atom. The SMILES string of the molecule is CC(=O)Oc1ccc(/C=C2/Sc3cc(Br)ccc3NC2=O)cc1[N+](=O)[O-]. The topological polar surface area (TPSA) is 98.5 Å². The maximum Gasteiger partial charge on any atom is 0.312 e. The lowest BCUT2D eigenvalue weighted by Crippen LogP contribution is -2.17. The number of carbonyl (C=O) groups is 2. The van der Waals surface area contributed by atoms with Crippen LogP contribution in [-0.2, 0) is 9.59 Å². The van der Waals surface area contributed by atoms with Crippen molar-refractivity contribution in [2.24, 2.45) is 0 Å². The molecule has 2 aromatic carbocycles. The Morgan fingerprint density at radius 1 is 1.31 bits per heavy atom. The van der Waals surface area contributed by atoms with E-state index in [9.17, 15) is 19.7 Å². The van der Waals surface area contributed by atoms with Crippen LogP contribution in [0.25, 0.3) is 6.08 Å². The first kappa shape index (κ1) is 18.2. The van der Waals surface area contributed by atoms with Gasteiger partial charge < -0.3 is 10.1 Å². The predicted octanol–water partition coefficient (Wildman–Crippen LogP) is 4.37. The zero-order valence-electron chi connectivity index (χ0n) is 13.3. The number of nitrogens with zero attached hydrogens (tertiary/aromatic N) is 1. The number of halogens is 1. The number of benzene rings is 2. The van der Waals surface area contributed by atoms with Gasteiger partial charge in [-0.15, -0.1) is 0 Å². The van der Waals surface area contributed by atoms with Crippen LogP contribution < -0.4 is 10.1 Å². The lowest BCUT2D eigenvalue weighted by Gasteiger charge is -2.18. The molecule has 1 aliphatic rings. The van der Waals surface area contributed by atoms with Gasteiger partial charge in [-0.05, 0) is 35.9 Å². The Kier molecular flexibility index (Phi) is 5.10. The highest BCUT2D eigenvalue weighted by atomic mass is 79.9. The van der Waals surface area contributed by atoms with Crippen molar-refractivity contribution in [1.29, 1.82) is 0 Å². The van der Waals surface area contributed by atoms with E-state index in [1.54, 1.807) is 18.2 Å². The van der Waals surface area contributed by atoms with E-state index < -0.39 is 10.9 Å². The smallest absolute Gasteiger partial charge is 0.312 e. The molecule has 9 heteroatoms. The van der Waals surface area contributed by atoms with Crippen LogP contribution in [0.3, 0.4) is 0 Å². The third-order valence-corrected chi connectivity index (χ3v) is 4.94. The van der Waals surface area contributed by atoms with Gasteiger partial charge in [-0.2, -0.15) is 0 Å². The molecule has 26 heavy (non-hydrogen) atoms. The summed E-state index contributed by atoms with van der Waals surface area (Å²) in [5, 5.41) is 14.0. The number of nitro groups is 1. The van der Waals surface area contributed by atoms with Crippen molar-refractivity contribution < 1.29 is 19.2 Å². The number of nitro benzene ring substituents is 1. The van der Waals surface area contributed by atoms with Crippen molar-refractivity contribution in [3.63, 3.8) is 0 Å². The van der Waals surface area contributed by atoms with Crippen LogP contribution in [0.2, 0.25) is 0 Å². The average molecular weight is 435 g/mol.